The molecule has 1 amide bonds. The molecule has 1 aliphatic rings. The number of fused-ring (bicyclic) bond motifs is 1. The number of hydrogen-bond donors (Lipinski definition) is 1. The predicted octanol–water partition coefficient (Wildman–Crippen LogP) is 3.45. The molecule has 1 N–H and O–H groups in total. The highest BCUT2D eigenvalue weighted by Crippen LogP contribution is 2.25. The summed E-state index contributed by atoms with van der Waals surface area (Å²) in [5.41, 5.74) is 1.88. The first-order valence-electron chi connectivity index (χ1n) is 9.75. The predicted molar refractivity (Wildman–Crippen MR) is 104 cm³/mol. The Kier molecular flexibility index (Phi) is 5.25. The molecular weight excluding hydrogens is 340 g/mol. The van der Waals surface area contributed by atoms with Crippen LogP contribution in [0.5, 0.6) is 0 Å². The lowest BCUT2D eigenvalue weighted by Crippen LogP contribution is -2.32. The van der Waals surface area contributed by atoms with Crippen molar-refractivity contribution in [3.63, 3.8) is 0 Å². The first-order valence-corrected chi connectivity index (χ1v) is 9.75. The number of imidazole rings is 1. The summed E-state index contributed by atoms with van der Waals surface area (Å²) in [6.07, 6.45) is 8.43. The number of pyridine rings is 1. The quantitative estimate of drug-likeness (QED) is 0.726. The van der Waals surface area contributed by atoms with E-state index in [4.69, 9.17) is 4.42 Å². The number of aromatic nitrogens is 2. The second kappa shape index (κ2) is 7.96. The van der Waals surface area contributed by atoms with Crippen LogP contribution >= 0.6 is 0 Å². The molecule has 1 aliphatic heterocycles. The van der Waals surface area contributed by atoms with Crippen molar-refractivity contribution in [2.24, 2.45) is 0 Å². The van der Waals surface area contributed by atoms with Crippen LogP contribution in [0.3, 0.4) is 0 Å². The number of nitrogens with one attached hydrogen (secondary N) is 1. The number of amides is 1. The number of hydrogen-bond acceptors (Lipinski definition) is 4. The molecule has 27 heavy (non-hydrogen) atoms. The van der Waals surface area contributed by atoms with Gasteiger partial charge in [-0.25, -0.2) is 4.98 Å². The molecule has 6 nitrogen and oxygen atoms in total. The SMILES string of the molecule is C[C@@H](c1ccc(C(=O)NCCc2cn3ccccc3n2)o1)N1CCCCC1. The minimum atomic E-state index is -0.171. The second-order valence-corrected chi connectivity index (χ2v) is 7.18. The highest BCUT2D eigenvalue weighted by molar-refractivity contribution is 5.91. The average Bonchev–Trinajstić information content (AvgIpc) is 3.35. The van der Waals surface area contributed by atoms with E-state index < -0.39 is 0 Å². The summed E-state index contributed by atoms with van der Waals surface area (Å²) < 4.78 is 7.82. The van der Waals surface area contributed by atoms with Gasteiger partial charge in [-0.2, -0.15) is 0 Å². The third-order valence-electron chi connectivity index (χ3n) is 5.28. The molecule has 4 rings (SSSR count). The molecule has 1 fully saturated rings. The molecular formula is C21H26N4O2. The van der Waals surface area contributed by atoms with Gasteiger partial charge in [0.1, 0.15) is 11.4 Å². The van der Waals surface area contributed by atoms with Gasteiger partial charge in [-0.15, -0.1) is 0 Å². The highest BCUT2D eigenvalue weighted by Gasteiger charge is 2.22. The van der Waals surface area contributed by atoms with Crippen molar-refractivity contribution in [3.8, 4) is 0 Å². The zero-order chi connectivity index (χ0) is 18.6. The molecule has 0 aromatic carbocycles. The van der Waals surface area contributed by atoms with Crippen molar-refractivity contribution >= 4 is 11.6 Å². The van der Waals surface area contributed by atoms with Gasteiger partial charge in [0.05, 0.1) is 11.7 Å². The molecule has 1 saturated heterocycles. The monoisotopic (exact) mass is 366 g/mol. The fourth-order valence-electron chi connectivity index (χ4n) is 3.68. The Hall–Kier alpha value is -2.60. The Bertz CT molecular complexity index is 875. The molecule has 0 bridgehead atoms. The van der Waals surface area contributed by atoms with E-state index in [0.717, 1.165) is 30.2 Å². The van der Waals surface area contributed by atoms with E-state index in [1.165, 1.54) is 19.3 Å². The minimum absolute atomic E-state index is 0.171. The topological polar surface area (TPSA) is 62.8 Å². The zero-order valence-corrected chi connectivity index (χ0v) is 15.7. The van der Waals surface area contributed by atoms with Gasteiger partial charge in [0.2, 0.25) is 0 Å². The summed E-state index contributed by atoms with van der Waals surface area (Å²) in [5.74, 6) is 1.07. The molecule has 3 aromatic rings. The Morgan fingerprint density at radius 1 is 1.22 bits per heavy atom. The number of rotatable bonds is 6. The van der Waals surface area contributed by atoms with E-state index in [1.807, 2.05) is 41.1 Å². The van der Waals surface area contributed by atoms with E-state index in [2.05, 4.69) is 22.1 Å². The van der Waals surface area contributed by atoms with Gasteiger partial charge in [0, 0.05) is 25.4 Å². The zero-order valence-electron chi connectivity index (χ0n) is 15.7. The summed E-state index contributed by atoms with van der Waals surface area (Å²) in [7, 11) is 0. The number of carbonyl (C=O) groups is 1. The summed E-state index contributed by atoms with van der Waals surface area (Å²) in [4.78, 5) is 19.3. The van der Waals surface area contributed by atoms with Crippen molar-refractivity contribution in [2.45, 2.75) is 38.6 Å². The number of likely N-dealkylation sites (tertiary alicyclic amines) is 1. The molecule has 0 radical (unpaired) electrons. The van der Waals surface area contributed by atoms with Crippen LogP contribution in [0.4, 0.5) is 0 Å². The maximum Gasteiger partial charge on any atom is 0.287 e. The van der Waals surface area contributed by atoms with Crippen molar-refractivity contribution in [3.05, 3.63) is 59.9 Å². The molecule has 0 aliphatic carbocycles. The fourth-order valence-corrected chi connectivity index (χ4v) is 3.68. The average molecular weight is 366 g/mol. The number of piperidine rings is 1. The molecule has 142 valence electrons. The summed E-state index contributed by atoms with van der Waals surface area (Å²) in [5, 5.41) is 2.93. The van der Waals surface area contributed by atoms with E-state index in [0.29, 0.717) is 18.7 Å². The Labute approximate surface area is 159 Å². The molecule has 0 unspecified atom stereocenters. The van der Waals surface area contributed by atoms with Gasteiger partial charge in [-0.05, 0) is 57.1 Å². The van der Waals surface area contributed by atoms with Crippen LogP contribution in [0.25, 0.3) is 5.65 Å². The van der Waals surface area contributed by atoms with Crippen LogP contribution in [0.15, 0.2) is 47.1 Å². The van der Waals surface area contributed by atoms with Crippen molar-refractivity contribution in [1.29, 1.82) is 0 Å². The largest absolute Gasteiger partial charge is 0.454 e. The number of carbonyl (C=O) groups excluding carboxylic acids is 1. The van der Waals surface area contributed by atoms with Crippen LogP contribution in [0, 0.1) is 0 Å². The summed E-state index contributed by atoms with van der Waals surface area (Å²) in [6.45, 7) is 4.88. The van der Waals surface area contributed by atoms with E-state index in [-0.39, 0.29) is 11.9 Å². The number of nitrogens with zero attached hydrogens (tertiary/aromatic N) is 3. The lowest BCUT2D eigenvalue weighted by molar-refractivity contribution is 0.0917. The van der Waals surface area contributed by atoms with Crippen LogP contribution in [0.1, 0.15) is 54.2 Å². The Morgan fingerprint density at radius 3 is 2.89 bits per heavy atom. The van der Waals surface area contributed by atoms with E-state index >= 15 is 0 Å². The van der Waals surface area contributed by atoms with Gasteiger partial charge in [-0.1, -0.05) is 12.5 Å². The maximum atomic E-state index is 12.4. The molecule has 6 heteroatoms. The molecule has 3 aromatic heterocycles. The van der Waals surface area contributed by atoms with Gasteiger partial charge in [0.25, 0.3) is 5.91 Å². The Balaban J connectivity index is 1.31. The normalized spacial score (nSPS) is 16.5. The second-order valence-electron chi connectivity index (χ2n) is 7.18. The van der Waals surface area contributed by atoms with Gasteiger partial charge < -0.3 is 14.1 Å². The van der Waals surface area contributed by atoms with Gasteiger partial charge in [0.15, 0.2) is 5.76 Å². The smallest absolute Gasteiger partial charge is 0.287 e. The van der Waals surface area contributed by atoms with Crippen LogP contribution < -0.4 is 5.32 Å². The molecule has 4 heterocycles. The molecule has 1 atom stereocenters. The fraction of sp³-hybridized carbons (Fsp3) is 0.429. The lowest BCUT2D eigenvalue weighted by atomic mass is 10.1. The maximum absolute atomic E-state index is 12.4. The first kappa shape index (κ1) is 17.8. The number of furan rings is 1. The van der Waals surface area contributed by atoms with Crippen molar-refractivity contribution in [1.82, 2.24) is 19.6 Å². The van der Waals surface area contributed by atoms with Crippen molar-refractivity contribution in [2.75, 3.05) is 19.6 Å². The molecule has 0 saturated carbocycles. The van der Waals surface area contributed by atoms with Gasteiger partial charge in [-0.3, -0.25) is 9.69 Å². The third-order valence-corrected chi connectivity index (χ3v) is 5.28. The summed E-state index contributed by atoms with van der Waals surface area (Å²) >= 11 is 0. The van der Waals surface area contributed by atoms with E-state index in [1.54, 1.807) is 6.07 Å². The van der Waals surface area contributed by atoms with Crippen molar-refractivity contribution < 1.29 is 9.21 Å². The van der Waals surface area contributed by atoms with Crippen LogP contribution in [0.2, 0.25) is 0 Å². The minimum Gasteiger partial charge on any atom is -0.454 e. The van der Waals surface area contributed by atoms with Crippen LogP contribution in [-0.2, 0) is 6.42 Å². The van der Waals surface area contributed by atoms with E-state index in [9.17, 15) is 4.79 Å². The highest BCUT2D eigenvalue weighted by atomic mass is 16.4. The van der Waals surface area contributed by atoms with Crippen LogP contribution in [-0.4, -0.2) is 39.8 Å². The third kappa shape index (κ3) is 4.06. The lowest BCUT2D eigenvalue weighted by Gasteiger charge is -2.31. The molecule has 0 spiro atoms. The first-order chi connectivity index (χ1) is 13.2. The van der Waals surface area contributed by atoms with Gasteiger partial charge >= 0.3 is 0 Å². The summed E-state index contributed by atoms with van der Waals surface area (Å²) in [6, 6.07) is 9.82. The Morgan fingerprint density at radius 2 is 2.07 bits per heavy atom. The standard InChI is InChI=1S/C21H26N4O2/c1-16(24-12-4-2-5-13-24)18-8-9-19(27-18)21(26)22-11-10-17-15-25-14-6-3-7-20(25)23-17/h3,6-9,14-16H,2,4-5,10-13H2,1H3,(H,22,26)/t16-/m0/s1.